The zero-order chi connectivity index (χ0) is 11.7. The summed E-state index contributed by atoms with van der Waals surface area (Å²) in [5, 5.41) is 3.92. The number of rotatable bonds is 2. The van der Waals surface area contributed by atoms with Crippen LogP contribution in [0.1, 0.15) is 35.8 Å². The van der Waals surface area contributed by atoms with Gasteiger partial charge in [0.15, 0.2) is 0 Å². The molecule has 3 nitrogen and oxygen atoms in total. The maximum atomic E-state index is 11.5. The second-order valence-corrected chi connectivity index (χ2v) is 5.55. The molecule has 96 valence electrons. The van der Waals surface area contributed by atoms with Crippen LogP contribution in [-0.4, -0.2) is 11.9 Å². The van der Waals surface area contributed by atoms with Crippen molar-refractivity contribution in [2.45, 2.75) is 45.6 Å². The Hall–Kier alpha value is -0.580. The standard InChI is InChI=1S/C12H18N2OS.ClH/c1-7-9-5-3-4-6-10(9)16-12(7)14-11(15)8(2)13;/h8H,3-6,13H2,1-2H3,(H,14,15);1H/t8-;/m1./s1. The number of carbonyl (C=O) groups excluding carboxylic acids is 1. The van der Waals surface area contributed by atoms with Gasteiger partial charge in [0.1, 0.15) is 0 Å². The fraction of sp³-hybridized carbons (Fsp3) is 0.583. The minimum Gasteiger partial charge on any atom is -0.320 e. The summed E-state index contributed by atoms with van der Waals surface area (Å²) in [7, 11) is 0. The average Bonchev–Trinajstić information content (AvgIpc) is 2.56. The first-order valence-electron chi connectivity index (χ1n) is 5.77. The number of thiophene rings is 1. The molecule has 0 bridgehead atoms. The molecule has 1 heterocycles. The van der Waals surface area contributed by atoms with Gasteiger partial charge in [0.25, 0.3) is 0 Å². The van der Waals surface area contributed by atoms with Crippen LogP contribution in [0, 0.1) is 6.92 Å². The molecule has 0 saturated heterocycles. The molecule has 1 aliphatic carbocycles. The highest BCUT2D eigenvalue weighted by molar-refractivity contribution is 7.16. The monoisotopic (exact) mass is 274 g/mol. The molecule has 0 radical (unpaired) electrons. The Kier molecular flexibility index (Phi) is 4.98. The van der Waals surface area contributed by atoms with Gasteiger partial charge >= 0.3 is 0 Å². The molecule has 1 amide bonds. The van der Waals surface area contributed by atoms with Crippen molar-refractivity contribution in [3.8, 4) is 0 Å². The summed E-state index contributed by atoms with van der Waals surface area (Å²) >= 11 is 1.72. The van der Waals surface area contributed by atoms with Crippen molar-refractivity contribution in [3.05, 3.63) is 16.0 Å². The Balaban J connectivity index is 0.00000144. The van der Waals surface area contributed by atoms with Crippen molar-refractivity contribution in [2.24, 2.45) is 5.73 Å². The first-order chi connectivity index (χ1) is 7.59. The van der Waals surface area contributed by atoms with Crippen molar-refractivity contribution in [3.63, 3.8) is 0 Å². The van der Waals surface area contributed by atoms with Crippen LogP contribution in [0.3, 0.4) is 0 Å². The van der Waals surface area contributed by atoms with Crippen molar-refractivity contribution in [2.75, 3.05) is 5.32 Å². The van der Waals surface area contributed by atoms with Gasteiger partial charge in [-0.25, -0.2) is 0 Å². The van der Waals surface area contributed by atoms with E-state index >= 15 is 0 Å². The Bertz CT molecular complexity index is 415. The normalized spacial score (nSPS) is 15.7. The highest BCUT2D eigenvalue weighted by Crippen LogP contribution is 2.37. The molecular weight excluding hydrogens is 256 g/mol. The summed E-state index contributed by atoms with van der Waals surface area (Å²) in [6.45, 7) is 3.80. The number of nitrogens with one attached hydrogen (secondary N) is 1. The number of hydrogen-bond acceptors (Lipinski definition) is 3. The van der Waals surface area contributed by atoms with Gasteiger partial charge < -0.3 is 11.1 Å². The predicted molar refractivity (Wildman–Crippen MR) is 75.2 cm³/mol. The third-order valence-corrected chi connectivity index (χ3v) is 4.40. The maximum Gasteiger partial charge on any atom is 0.241 e. The largest absolute Gasteiger partial charge is 0.320 e. The van der Waals surface area contributed by atoms with Crippen molar-refractivity contribution < 1.29 is 4.79 Å². The van der Waals surface area contributed by atoms with E-state index in [0.29, 0.717) is 0 Å². The number of nitrogens with two attached hydrogens (primary N) is 1. The van der Waals surface area contributed by atoms with Crippen LogP contribution < -0.4 is 11.1 Å². The third-order valence-electron chi connectivity index (χ3n) is 3.09. The van der Waals surface area contributed by atoms with Crippen molar-refractivity contribution >= 4 is 34.7 Å². The Morgan fingerprint density at radius 2 is 2.06 bits per heavy atom. The lowest BCUT2D eigenvalue weighted by atomic mass is 9.96. The molecule has 0 aromatic carbocycles. The lowest BCUT2D eigenvalue weighted by Crippen LogP contribution is -2.32. The van der Waals surface area contributed by atoms with Gasteiger partial charge in [0.05, 0.1) is 11.0 Å². The number of carbonyl (C=O) groups is 1. The van der Waals surface area contributed by atoms with Gasteiger partial charge in [-0.2, -0.15) is 0 Å². The van der Waals surface area contributed by atoms with Gasteiger partial charge in [-0.15, -0.1) is 23.7 Å². The van der Waals surface area contributed by atoms with Crippen LogP contribution in [0.2, 0.25) is 0 Å². The van der Waals surface area contributed by atoms with Gasteiger partial charge in [0.2, 0.25) is 5.91 Å². The molecule has 17 heavy (non-hydrogen) atoms. The fourth-order valence-corrected chi connectivity index (χ4v) is 3.37. The van der Waals surface area contributed by atoms with E-state index in [1.807, 2.05) is 0 Å². The molecule has 1 atom stereocenters. The van der Waals surface area contributed by atoms with E-state index in [2.05, 4.69) is 12.2 Å². The van der Waals surface area contributed by atoms with Crippen LogP contribution in [0.15, 0.2) is 0 Å². The molecule has 1 aromatic heterocycles. The summed E-state index contributed by atoms with van der Waals surface area (Å²) in [4.78, 5) is 13.0. The van der Waals surface area contributed by atoms with Crippen LogP contribution in [0.25, 0.3) is 0 Å². The summed E-state index contributed by atoms with van der Waals surface area (Å²) in [6, 6.07) is -0.446. The molecular formula is C12H19ClN2OS. The Labute approximate surface area is 112 Å². The van der Waals surface area contributed by atoms with Gasteiger partial charge in [-0.05, 0) is 50.7 Å². The van der Waals surface area contributed by atoms with E-state index in [4.69, 9.17) is 5.73 Å². The lowest BCUT2D eigenvalue weighted by molar-refractivity contribution is -0.117. The topological polar surface area (TPSA) is 55.1 Å². The molecule has 0 aliphatic heterocycles. The summed E-state index contributed by atoms with van der Waals surface area (Å²) in [6.07, 6.45) is 4.86. The fourth-order valence-electron chi connectivity index (χ4n) is 2.07. The molecule has 1 aliphatic rings. The van der Waals surface area contributed by atoms with Crippen molar-refractivity contribution in [1.82, 2.24) is 0 Å². The van der Waals surface area contributed by atoms with Crippen molar-refractivity contribution in [1.29, 1.82) is 0 Å². The Morgan fingerprint density at radius 3 is 2.65 bits per heavy atom. The van der Waals surface area contributed by atoms with Crippen LogP contribution in [0.5, 0.6) is 0 Å². The number of amides is 1. The minimum absolute atomic E-state index is 0. The lowest BCUT2D eigenvalue weighted by Gasteiger charge is -2.10. The minimum atomic E-state index is -0.446. The second-order valence-electron chi connectivity index (χ2n) is 4.44. The second kappa shape index (κ2) is 5.85. The van der Waals surface area contributed by atoms with E-state index in [9.17, 15) is 4.79 Å². The molecule has 1 aromatic rings. The molecule has 0 fully saturated rings. The van der Waals surface area contributed by atoms with E-state index in [-0.39, 0.29) is 18.3 Å². The Morgan fingerprint density at radius 1 is 1.41 bits per heavy atom. The van der Waals surface area contributed by atoms with E-state index in [1.165, 1.54) is 28.8 Å². The highest BCUT2D eigenvalue weighted by Gasteiger charge is 2.19. The molecule has 2 rings (SSSR count). The van der Waals surface area contributed by atoms with Gasteiger partial charge in [0, 0.05) is 4.88 Å². The highest BCUT2D eigenvalue weighted by atomic mass is 35.5. The number of fused-ring (bicyclic) bond motifs is 1. The van der Waals surface area contributed by atoms with Crippen LogP contribution in [0.4, 0.5) is 5.00 Å². The van der Waals surface area contributed by atoms with Gasteiger partial charge in [-0.3, -0.25) is 4.79 Å². The van der Waals surface area contributed by atoms with Crippen LogP contribution >= 0.6 is 23.7 Å². The first-order valence-corrected chi connectivity index (χ1v) is 6.59. The summed E-state index contributed by atoms with van der Waals surface area (Å²) in [5.74, 6) is -0.0957. The van der Waals surface area contributed by atoms with Crippen LogP contribution in [-0.2, 0) is 17.6 Å². The number of hydrogen-bond donors (Lipinski definition) is 2. The van der Waals surface area contributed by atoms with Gasteiger partial charge in [-0.1, -0.05) is 0 Å². The SMILES string of the molecule is Cc1c(NC(=O)[C@@H](C)N)sc2c1CCCC2.Cl. The molecule has 0 saturated carbocycles. The predicted octanol–water partition coefficient (Wildman–Crippen LogP) is 2.64. The first kappa shape index (κ1) is 14.5. The number of aryl methyl sites for hydroxylation is 1. The molecule has 3 N–H and O–H groups in total. The summed E-state index contributed by atoms with van der Waals surface area (Å²) < 4.78 is 0. The summed E-state index contributed by atoms with van der Waals surface area (Å²) in [5.41, 5.74) is 8.25. The quantitative estimate of drug-likeness (QED) is 0.871. The van der Waals surface area contributed by atoms with E-state index < -0.39 is 6.04 Å². The van der Waals surface area contributed by atoms with E-state index in [1.54, 1.807) is 18.3 Å². The van der Waals surface area contributed by atoms with E-state index in [0.717, 1.165) is 17.8 Å². The smallest absolute Gasteiger partial charge is 0.241 e. The third kappa shape index (κ3) is 3.00. The number of anilines is 1. The average molecular weight is 275 g/mol. The maximum absolute atomic E-state index is 11.5. The molecule has 5 heteroatoms. The molecule has 0 spiro atoms. The molecule has 0 unspecified atom stereocenters. The number of halogens is 1. The zero-order valence-corrected chi connectivity index (χ0v) is 11.8. The zero-order valence-electron chi connectivity index (χ0n) is 10.2.